The van der Waals surface area contributed by atoms with Gasteiger partial charge in [-0.25, -0.2) is 0 Å². The van der Waals surface area contributed by atoms with E-state index in [2.05, 4.69) is 0 Å². The number of rotatable bonds is 0. The third kappa shape index (κ3) is 5.00. The largest absolute Gasteiger partial charge is 1.00 e. The molecule has 0 aliphatic carbocycles. The van der Waals surface area contributed by atoms with Crippen molar-refractivity contribution in [2.24, 2.45) is 0 Å². The Bertz CT molecular complexity index is 136. The summed E-state index contributed by atoms with van der Waals surface area (Å²) >= 11 is 1.68. The molecule has 0 bridgehead atoms. The normalized spacial score (nSPS) is 7.20. The molecule has 48 valence electrons. The predicted molar refractivity (Wildman–Crippen MR) is 43.1 cm³/mol. The van der Waals surface area contributed by atoms with Crippen molar-refractivity contribution in [3.05, 3.63) is 47.2 Å². The van der Waals surface area contributed by atoms with Crippen LogP contribution < -0.4 is 29.6 Å². The zero-order valence-electron chi connectivity index (χ0n) is 7.03. The van der Waals surface area contributed by atoms with Crippen molar-refractivity contribution in [2.75, 3.05) is 0 Å². The zero-order chi connectivity index (χ0) is 6.36. The predicted octanol–water partition coefficient (Wildman–Crippen LogP) is -0.0110. The molecule has 0 atom stereocenters. The molecule has 0 N–H and O–H groups in total. The van der Waals surface area contributed by atoms with E-state index in [0.717, 1.165) is 0 Å². The Morgan fingerprint density at radius 1 is 0.700 bits per heavy atom. The van der Waals surface area contributed by atoms with Gasteiger partial charge in [-0.1, -0.05) is 36.4 Å². The van der Waals surface area contributed by atoms with Crippen molar-refractivity contribution in [1.82, 2.24) is 0 Å². The third-order valence-corrected chi connectivity index (χ3v) is 1.50. The van der Waals surface area contributed by atoms with Crippen LogP contribution in [0.1, 0.15) is 1.43 Å². The second kappa shape index (κ2) is 7.29. The molecule has 0 amide bonds. The van der Waals surface area contributed by atoms with Gasteiger partial charge in [-0.2, -0.15) is 11.3 Å². The molecule has 0 saturated heterocycles. The Hall–Kier alpha value is 0.180. The SMILES string of the molecule is [H-].[Na+].c1ccccsccc1. The summed E-state index contributed by atoms with van der Waals surface area (Å²) in [7, 11) is 0. The molecule has 1 heterocycles. The molecule has 0 fully saturated rings. The van der Waals surface area contributed by atoms with Crippen LogP contribution in [0.2, 0.25) is 0 Å². The van der Waals surface area contributed by atoms with Crippen molar-refractivity contribution in [1.29, 1.82) is 0 Å². The molecule has 0 saturated carbocycles. The molecule has 1 aromatic heterocycles. The van der Waals surface area contributed by atoms with Crippen LogP contribution in [0, 0.1) is 0 Å². The fourth-order valence-electron chi connectivity index (χ4n) is 0.483. The van der Waals surface area contributed by atoms with Gasteiger partial charge >= 0.3 is 29.6 Å². The van der Waals surface area contributed by atoms with Gasteiger partial charge in [0, 0.05) is 0 Å². The second-order valence-corrected chi connectivity index (χ2v) is 2.38. The standard InChI is InChI=1S/C8H8S.Na.H/c1-2-4-6-8-9-7-5-3-1;;/h1-8H;;/q;+1;-1. The summed E-state index contributed by atoms with van der Waals surface area (Å²) < 4.78 is 0. The van der Waals surface area contributed by atoms with Crippen LogP contribution >= 0.6 is 11.3 Å². The Kier molecular flexibility index (Phi) is 7.42. The second-order valence-electron chi connectivity index (χ2n) is 1.56. The van der Waals surface area contributed by atoms with E-state index in [9.17, 15) is 0 Å². The summed E-state index contributed by atoms with van der Waals surface area (Å²) in [5.41, 5.74) is 0. The minimum absolute atomic E-state index is 0. The summed E-state index contributed by atoms with van der Waals surface area (Å²) in [4.78, 5) is 0. The van der Waals surface area contributed by atoms with Crippen molar-refractivity contribution < 1.29 is 31.0 Å². The summed E-state index contributed by atoms with van der Waals surface area (Å²) in [6, 6.07) is 12.1. The average Bonchev–Trinajstić information content (AvgIpc) is 2.00. The first-order valence-electron chi connectivity index (χ1n) is 2.80. The Balaban J connectivity index is 0. The van der Waals surface area contributed by atoms with E-state index >= 15 is 0 Å². The van der Waals surface area contributed by atoms with Gasteiger partial charge in [0.05, 0.1) is 0 Å². The number of hydrogen-bond acceptors (Lipinski definition) is 1. The van der Waals surface area contributed by atoms with E-state index in [1.807, 2.05) is 47.2 Å². The quantitative estimate of drug-likeness (QED) is 0.468. The van der Waals surface area contributed by atoms with Gasteiger partial charge in [0.2, 0.25) is 0 Å². The zero-order valence-corrected chi connectivity index (χ0v) is 8.84. The van der Waals surface area contributed by atoms with Gasteiger partial charge in [0.25, 0.3) is 0 Å². The van der Waals surface area contributed by atoms with Crippen LogP contribution in [0.25, 0.3) is 0 Å². The first kappa shape index (κ1) is 10.2. The van der Waals surface area contributed by atoms with Crippen LogP contribution in [0.4, 0.5) is 0 Å². The maximum Gasteiger partial charge on any atom is 1.00 e. The van der Waals surface area contributed by atoms with Gasteiger partial charge in [-0.15, -0.1) is 0 Å². The summed E-state index contributed by atoms with van der Waals surface area (Å²) in [6.45, 7) is 0. The maximum atomic E-state index is 2.04. The summed E-state index contributed by atoms with van der Waals surface area (Å²) in [6.07, 6.45) is 0. The van der Waals surface area contributed by atoms with E-state index in [0.29, 0.717) is 0 Å². The molecule has 0 nitrogen and oxygen atoms in total. The van der Waals surface area contributed by atoms with Gasteiger partial charge in [-0.05, 0) is 10.8 Å². The van der Waals surface area contributed by atoms with E-state index < -0.39 is 0 Å². The molecule has 0 unspecified atom stereocenters. The monoisotopic (exact) mass is 160 g/mol. The topological polar surface area (TPSA) is 0 Å². The van der Waals surface area contributed by atoms with Gasteiger partial charge in [0.15, 0.2) is 0 Å². The molecule has 0 aromatic carbocycles. The third-order valence-electron chi connectivity index (χ3n) is 0.870. The minimum atomic E-state index is 0. The maximum absolute atomic E-state index is 2.04. The van der Waals surface area contributed by atoms with Crippen molar-refractivity contribution >= 4 is 11.3 Å². The molecule has 0 aliphatic heterocycles. The van der Waals surface area contributed by atoms with E-state index in [1.165, 1.54) is 0 Å². The van der Waals surface area contributed by atoms with E-state index in [1.54, 1.807) is 11.3 Å². The Labute approximate surface area is 89.0 Å². The van der Waals surface area contributed by atoms with Gasteiger partial charge < -0.3 is 1.43 Å². The fourth-order valence-corrected chi connectivity index (χ4v) is 0.937. The van der Waals surface area contributed by atoms with Crippen LogP contribution in [0.15, 0.2) is 47.2 Å². The average molecular weight is 160 g/mol. The van der Waals surface area contributed by atoms with Crippen molar-refractivity contribution in [3.63, 3.8) is 0 Å². The molecule has 1 aromatic rings. The fraction of sp³-hybridized carbons (Fsp3) is 0. The molecular weight excluding hydrogens is 151 g/mol. The smallest absolute Gasteiger partial charge is 1.00 e. The first-order chi connectivity index (χ1) is 4.50. The van der Waals surface area contributed by atoms with Crippen LogP contribution in [0.3, 0.4) is 0 Å². The number of hydrogen-bond donors (Lipinski definition) is 0. The Morgan fingerprint density at radius 3 is 1.60 bits per heavy atom. The molecule has 0 spiro atoms. The van der Waals surface area contributed by atoms with Gasteiger partial charge in [-0.3, -0.25) is 0 Å². The molecule has 0 radical (unpaired) electrons. The summed E-state index contributed by atoms with van der Waals surface area (Å²) in [5, 5.41) is 4.08. The van der Waals surface area contributed by atoms with Gasteiger partial charge in [0.1, 0.15) is 0 Å². The molecule has 1 rings (SSSR count). The Morgan fingerprint density at radius 2 is 1.10 bits per heavy atom. The minimum Gasteiger partial charge on any atom is -1.00 e. The molecule has 0 aliphatic rings. The molecule has 2 heteroatoms. The molecule has 10 heavy (non-hydrogen) atoms. The molecular formula is C8H9NaS. The van der Waals surface area contributed by atoms with Crippen molar-refractivity contribution in [3.8, 4) is 0 Å². The van der Waals surface area contributed by atoms with Crippen LogP contribution in [-0.4, -0.2) is 0 Å². The summed E-state index contributed by atoms with van der Waals surface area (Å²) in [5.74, 6) is 0. The van der Waals surface area contributed by atoms with Crippen LogP contribution in [-0.2, 0) is 0 Å². The van der Waals surface area contributed by atoms with Crippen molar-refractivity contribution in [2.45, 2.75) is 0 Å². The first-order valence-corrected chi connectivity index (χ1v) is 3.75. The van der Waals surface area contributed by atoms with Crippen LogP contribution in [0.5, 0.6) is 0 Å². The van der Waals surface area contributed by atoms with E-state index in [4.69, 9.17) is 0 Å². The van der Waals surface area contributed by atoms with E-state index in [-0.39, 0.29) is 31.0 Å².